The SMILES string of the molecule is CNc1ccc2c(c1)N(Cc1c[n]([Tl])cn1)CCO2. The minimum atomic E-state index is 0.731. The number of rotatable bonds is 3. The van der Waals surface area contributed by atoms with Crippen LogP contribution < -0.4 is 15.0 Å². The molecule has 5 nitrogen and oxygen atoms in total. The monoisotopic (exact) mass is 448 g/mol. The average Bonchev–Trinajstić information content (AvgIpc) is 2.84. The number of imidazole rings is 1. The van der Waals surface area contributed by atoms with Crippen molar-refractivity contribution >= 4 is 37.4 Å². The Morgan fingerprint density at radius 2 is 2.37 bits per heavy atom. The van der Waals surface area contributed by atoms with Gasteiger partial charge in [0, 0.05) is 0 Å². The van der Waals surface area contributed by atoms with Gasteiger partial charge in [0.15, 0.2) is 0 Å². The Balaban J connectivity index is 1.88. The molecule has 0 bridgehead atoms. The summed E-state index contributed by atoms with van der Waals surface area (Å²) in [4.78, 5) is 6.76. The summed E-state index contributed by atoms with van der Waals surface area (Å²) in [6, 6.07) is 6.20. The van der Waals surface area contributed by atoms with Gasteiger partial charge in [-0.05, 0) is 0 Å². The molecule has 0 radical (unpaired) electrons. The number of nitrogens with one attached hydrogen (secondary N) is 1. The number of benzene rings is 1. The van der Waals surface area contributed by atoms with E-state index in [1.54, 1.807) is 0 Å². The van der Waals surface area contributed by atoms with Gasteiger partial charge in [0.05, 0.1) is 0 Å². The fourth-order valence-electron chi connectivity index (χ4n) is 2.25. The molecule has 3 rings (SSSR count). The standard InChI is InChI=1S/C13H15N4O.Tl/c1-14-10-2-3-13-12(6-10)17(4-5-18-13)8-11-7-15-9-16-11;/h2-3,6-7,9,14H,4-5,8H2,1H3;/q-1;+1. The van der Waals surface area contributed by atoms with Gasteiger partial charge < -0.3 is 0 Å². The van der Waals surface area contributed by atoms with Gasteiger partial charge in [0.25, 0.3) is 0 Å². The summed E-state index contributed by atoms with van der Waals surface area (Å²) in [7, 11) is 1.93. The zero-order valence-electron chi connectivity index (χ0n) is 10.8. The van der Waals surface area contributed by atoms with Gasteiger partial charge in [0.2, 0.25) is 0 Å². The minimum absolute atomic E-state index is 0.731. The molecule has 0 amide bonds. The van der Waals surface area contributed by atoms with Crippen molar-refractivity contribution < 1.29 is 4.74 Å². The van der Waals surface area contributed by atoms with E-state index in [9.17, 15) is 0 Å². The molecule has 1 aliphatic rings. The molecule has 1 aromatic heterocycles. The quantitative estimate of drug-likeness (QED) is 0.720. The van der Waals surface area contributed by atoms with Gasteiger partial charge in [-0.2, -0.15) is 0 Å². The van der Waals surface area contributed by atoms with Crippen molar-refractivity contribution in [3.63, 3.8) is 0 Å². The molecule has 2 aromatic rings. The molecule has 0 spiro atoms. The molecule has 0 saturated heterocycles. The third kappa shape index (κ3) is 2.70. The number of hydrogen-bond donors (Lipinski definition) is 1. The summed E-state index contributed by atoms with van der Waals surface area (Å²) in [5.41, 5.74) is 3.36. The van der Waals surface area contributed by atoms with E-state index in [0.717, 1.165) is 68.6 Å². The first-order chi connectivity index (χ1) is 9.26. The summed E-state index contributed by atoms with van der Waals surface area (Å²) in [5, 5.41) is 3.17. The van der Waals surface area contributed by atoms with Crippen molar-refractivity contribution in [2.24, 2.45) is 0 Å². The number of anilines is 2. The van der Waals surface area contributed by atoms with E-state index in [-0.39, 0.29) is 0 Å². The van der Waals surface area contributed by atoms with E-state index >= 15 is 0 Å². The van der Waals surface area contributed by atoms with Crippen LogP contribution in [-0.4, -0.2) is 53.6 Å². The number of aromatic nitrogens is 2. The van der Waals surface area contributed by atoms with Gasteiger partial charge in [-0.1, -0.05) is 0 Å². The Labute approximate surface area is 128 Å². The average molecular weight is 448 g/mol. The molecule has 96 valence electrons. The molecule has 0 unspecified atom stereocenters. The Kier molecular flexibility index (Phi) is 3.63. The Hall–Kier alpha value is -1.25. The molecule has 0 aliphatic carbocycles. The van der Waals surface area contributed by atoms with E-state index < -0.39 is 0 Å². The van der Waals surface area contributed by atoms with Crippen LogP contribution in [0.4, 0.5) is 11.4 Å². The Morgan fingerprint density at radius 3 is 3.11 bits per heavy atom. The van der Waals surface area contributed by atoms with Crippen LogP contribution in [0.25, 0.3) is 0 Å². The predicted octanol–water partition coefficient (Wildman–Crippen LogP) is 1.26. The zero-order chi connectivity index (χ0) is 13.2. The molecule has 6 heteroatoms. The molecular weight excluding hydrogens is 433 g/mol. The van der Waals surface area contributed by atoms with Gasteiger partial charge in [-0.3, -0.25) is 0 Å². The summed E-state index contributed by atoms with van der Waals surface area (Å²) in [6.07, 6.45) is 4.03. The third-order valence-corrected chi connectivity index (χ3v) is 4.31. The van der Waals surface area contributed by atoms with Gasteiger partial charge in [0.1, 0.15) is 0 Å². The molecule has 1 aromatic carbocycles. The summed E-state index contributed by atoms with van der Waals surface area (Å²) in [5.74, 6) is 0.956. The van der Waals surface area contributed by atoms with Crippen LogP contribution in [0.5, 0.6) is 5.75 Å². The van der Waals surface area contributed by atoms with Crippen LogP contribution in [0.3, 0.4) is 0 Å². The topological polar surface area (TPSA) is 42.3 Å². The molecule has 0 atom stereocenters. The normalized spacial score (nSPS) is 13.8. The Morgan fingerprint density at radius 1 is 1.47 bits per heavy atom. The zero-order valence-corrected chi connectivity index (χ0v) is 15.3. The summed E-state index contributed by atoms with van der Waals surface area (Å²) >= 11 is 0.777. The fraction of sp³-hybridized carbons (Fsp3) is 0.308. The molecule has 19 heavy (non-hydrogen) atoms. The van der Waals surface area contributed by atoms with Crippen LogP contribution in [0.1, 0.15) is 5.69 Å². The number of hydrogen-bond acceptors (Lipinski definition) is 4. The number of nitrogens with zero attached hydrogens (tertiary/aromatic N) is 3. The summed E-state index contributed by atoms with van der Waals surface area (Å²) < 4.78 is 7.85. The second kappa shape index (κ2) is 5.40. The van der Waals surface area contributed by atoms with Crippen molar-refractivity contribution in [1.82, 2.24) is 7.36 Å². The van der Waals surface area contributed by atoms with Crippen molar-refractivity contribution in [3.8, 4) is 5.75 Å². The first-order valence-corrected chi connectivity index (χ1v) is 8.24. The fourth-order valence-corrected chi connectivity index (χ4v) is 3.18. The van der Waals surface area contributed by atoms with Crippen molar-refractivity contribution in [3.05, 3.63) is 36.4 Å². The maximum atomic E-state index is 5.71. The molecule has 0 fully saturated rings. The second-order valence-corrected chi connectivity index (χ2v) is 6.83. The van der Waals surface area contributed by atoms with Crippen LogP contribution >= 0.6 is 0 Å². The first-order valence-electron chi connectivity index (χ1n) is 6.24. The van der Waals surface area contributed by atoms with Crippen LogP contribution in [0, 0.1) is 0 Å². The van der Waals surface area contributed by atoms with Gasteiger partial charge >= 0.3 is 129 Å². The molecule has 0 saturated carbocycles. The molecule has 2 heterocycles. The van der Waals surface area contributed by atoms with E-state index in [1.807, 2.05) is 25.5 Å². The van der Waals surface area contributed by atoms with E-state index in [1.165, 1.54) is 0 Å². The number of fused-ring (bicyclic) bond motifs is 1. The Bertz CT molecular complexity index is 584. The van der Waals surface area contributed by atoms with E-state index in [0.29, 0.717) is 0 Å². The first kappa shape index (κ1) is 12.8. The van der Waals surface area contributed by atoms with E-state index in [2.05, 4.69) is 29.8 Å². The van der Waals surface area contributed by atoms with Gasteiger partial charge in [-0.25, -0.2) is 0 Å². The molecule has 1 aliphatic heterocycles. The third-order valence-electron chi connectivity index (χ3n) is 3.21. The summed E-state index contributed by atoms with van der Waals surface area (Å²) in [6.45, 7) is 2.47. The molecule has 1 N–H and O–H groups in total. The van der Waals surface area contributed by atoms with Crippen molar-refractivity contribution in [1.29, 1.82) is 0 Å². The maximum absolute atomic E-state index is 5.71. The number of ether oxygens (including phenoxy) is 1. The van der Waals surface area contributed by atoms with E-state index in [4.69, 9.17) is 4.74 Å². The van der Waals surface area contributed by atoms with Crippen molar-refractivity contribution in [2.45, 2.75) is 6.54 Å². The van der Waals surface area contributed by atoms with Gasteiger partial charge in [-0.15, -0.1) is 0 Å². The second-order valence-electron chi connectivity index (χ2n) is 4.51. The molecular formula is C13H15N4OTl. The van der Waals surface area contributed by atoms with Crippen LogP contribution in [0.2, 0.25) is 0 Å². The van der Waals surface area contributed by atoms with Crippen LogP contribution in [0.15, 0.2) is 30.7 Å². The van der Waals surface area contributed by atoms with Crippen molar-refractivity contribution in [2.75, 3.05) is 30.4 Å². The predicted molar refractivity (Wildman–Crippen MR) is 75.9 cm³/mol. The van der Waals surface area contributed by atoms with Crippen LogP contribution in [-0.2, 0) is 6.54 Å².